The van der Waals surface area contributed by atoms with Gasteiger partial charge in [0.1, 0.15) is 5.82 Å². The normalized spacial score (nSPS) is 10.9. The molecule has 0 fully saturated rings. The van der Waals surface area contributed by atoms with Gasteiger partial charge in [-0.1, -0.05) is 6.92 Å². The van der Waals surface area contributed by atoms with Crippen LogP contribution in [0.4, 0.5) is 10.5 Å². The molecule has 1 aromatic carbocycles. The molecule has 0 spiro atoms. The summed E-state index contributed by atoms with van der Waals surface area (Å²) in [6, 6.07) is 7.36. The van der Waals surface area contributed by atoms with Crippen LogP contribution in [0.1, 0.15) is 18.4 Å². The summed E-state index contributed by atoms with van der Waals surface area (Å²) in [6.45, 7) is 2.60. The fraction of sp³-hybridized carbons (Fsp3) is 0.312. The maximum absolute atomic E-state index is 12.0. The molecule has 0 unspecified atom stereocenters. The van der Waals surface area contributed by atoms with E-state index in [0.29, 0.717) is 6.54 Å². The number of urea groups is 1. The van der Waals surface area contributed by atoms with Gasteiger partial charge in [-0.05, 0) is 24.3 Å². The summed E-state index contributed by atoms with van der Waals surface area (Å²) >= 11 is 0. The van der Waals surface area contributed by atoms with Gasteiger partial charge in [-0.2, -0.15) is 5.10 Å². The molecule has 3 N–H and O–H groups in total. The van der Waals surface area contributed by atoms with Crippen molar-refractivity contribution < 1.29 is 4.79 Å². The Bertz CT molecular complexity index is 819. The highest BCUT2D eigenvalue weighted by molar-refractivity contribution is 5.91. The second-order valence-corrected chi connectivity index (χ2v) is 5.35. The Morgan fingerprint density at radius 2 is 2.22 bits per heavy atom. The van der Waals surface area contributed by atoms with Crippen LogP contribution in [0.2, 0.25) is 0 Å². The van der Waals surface area contributed by atoms with E-state index >= 15 is 0 Å². The molecule has 0 saturated heterocycles. The molecular formula is C16H20N6O. The Labute approximate surface area is 134 Å². The summed E-state index contributed by atoms with van der Waals surface area (Å²) in [7, 11) is 1.89. The van der Waals surface area contributed by atoms with Gasteiger partial charge in [-0.15, -0.1) is 0 Å². The first-order valence-corrected chi connectivity index (χ1v) is 7.66. The summed E-state index contributed by atoms with van der Waals surface area (Å²) in [5, 5.41) is 9.78. The lowest BCUT2D eigenvalue weighted by molar-refractivity contribution is 0.252. The molecule has 0 radical (unpaired) electrons. The van der Waals surface area contributed by atoms with E-state index in [0.717, 1.165) is 41.1 Å². The zero-order valence-electron chi connectivity index (χ0n) is 13.3. The fourth-order valence-electron chi connectivity index (χ4n) is 2.43. The van der Waals surface area contributed by atoms with Crippen molar-refractivity contribution in [2.75, 3.05) is 11.9 Å². The summed E-state index contributed by atoms with van der Waals surface area (Å²) in [6.07, 6.45) is 3.34. The van der Waals surface area contributed by atoms with Crippen LogP contribution in [-0.2, 0) is 19.9 Å². The van der Waals surface area contributed by atoms with E-state index in [-0.39, 0.29) is 6.03 Å². The molecule has 7 nitrogen and oxygen atoms in total. The summed E-state index contributed by atoms with van der Waals surface area (Å²) in [4.78, 5) is 19.6. The predicted octanol–water partition coefficient (Wildman–Crippen LogP) is 2.22. The van der Waals surface area contributed by atoms with Crippen LogP contribution in [0.15, 0.2) is 30.5 Å². The van der Waals surface area contributed by atoms with Gasteiger partial charge in [-0.3, -0.25) is 4.68 Å². The number of anilines is 1. The summed E-state index contributed by atoms with van der Waals surface area (Å²) < 4.78 is 1.80. The van der Waals surface area contributed by atoms with Crippen LogP contribution in [0, 0.1) is 0 Å². The minimum Gasteiger partial charge on any atom is -0.342 e. The van der Waals surface area contributed by atoms with E-state index in [1.807, 2.05) is 38.2 Å². The zero-order chi connectivity index (χ0) is 16.2. The average Bonchev–Trinajstić information content (AvgIpc) is 3.13. The van der Waals surface area contributed by atoms with Crippen LogP contribution in [0.5, 0.6) is 0 Å². The zero-order valence-corrected chi connectivity index (χ0v) is 13.3. The number of aromatic amines is 1. The number of rotatable bonds is 5. The number of nitrogens with zero attached hydrogens (tertiary/aromatic N) is 3. The molecule has 0 aliphatic carbocycles. The van der Waals surface area contributed by atoms with Crippen molar-refractivity contribution in [2.24, 2.45) is 7.05 Å². The van der Waals surface area contributed by atoms with Gasteiger partial charge in [0.05, 0.1) is 11.0 Å². The van der Waals surface area contributed by atoms with E-state index in [4.69, 9.17) is 0 Å². The minimum absolute atomic E-state index is 0.221. The first kappa shape index (κ1) is 15.1. The molecule has 0 atom stereocenters. The molecule has 120 valence electrons. The van der Waals surface area contributed by atoms with E-state index in [9.17, 15) is 4.79 Å². The number of benzene rings is 1. The Kier molecular flexibility index (Phi) is 4.27. The molecule has 3 rings (SSSR count). The maximum atomic E-state index is 12.0. The highest BCUT2D eigenvalue weighted by atomic mass is 16.2. The van der Waals surface area contributed by atoms with Crippen molar-refractivity contribution in [3.8, 4) is 0 Å². The van der Waals surface area contributed by atoms with Crippen molar-refractivity contribution in [3.05, 3.63) is 42.0 Å². The van der Waals surface area contributed by atoms with Crippen molar-refractivity contribution in [2.45, 2.75) is 19.8 Å². The van der Waals surface area contributed by atoms with Crippen LogP contribution in [-0.4, -0.2) is 32.3 Å². The molecule has 3 aromatic rings. The number of carbonyl (C=O) groups excluding carboxylic acids is 1. The van der Waals surface area contributed by atoms with Gasteiger partial charge in [-0.25, -0.2) is 9.78 Å². The SMILES string of the molecule is CCc1nc2ccc(NC(=O)NCCc3ccnn3C)cc2[nH]1. The van der Waals surface area contributed by atoms with Crippen LogP contribution >= 0.6 is 0 Å². The highest BCUT2D eigenvalue weighted by Crippen LogP contribution is 2.17. The molecule has 23 heavy (non-hydrogen) atoms. The van der Waals surface area contributed by atoms with Crippen molar-refractivity contribution in [1.82, 2.24) is 25.1 Å². The Hall–Kier alpha value is -2.83. The topological polar surface area (TPSA) is 87.6 Å². The number of hydrogen-bond acceptors (Lipinski definition) is 3. The molecule has 7 heteroatoms. The van der Waals surface area contributed by atoms with Crippen molar-refractivity contribution in [3.63, 3.8) is 0 Å². The fourth-order valence-corrected chi connectivity index (χ4v) is 2.43. The van der Waals surface area contributed by atoms with Crippen LogP contribution in [0.25, 0.3) is 11.0 Å². The molecule has 2 aromatic heterocycles. The molecule has 0 aliphatic heterocycles. The Morgan fingerprint density at radius 3 is 2.96 bits per heavy atom. The molecule has 2 amide bonds. The summed E-state index contributed by atoms with van der Waals surface area (Å²) in [5.41, 5.74) is 3.65. The second-order valence-electron chi connectivity index (χ2n) is 5.35. The third-order valence-electron chi connectivity index (χ3n) is 3.71. The van der Waals surface area contributed by atoms with E-state index < -0.39 is 0 Å². The lowest BCUT2D eigenvalue weighted by Gasteiger charge is -2.07. The third-order valence-corrected chi connectivity index (χ3v) is 3.71. The lowest BCUT2D eigenvalue weighted by Crippen LogP contribution is -2.30. The molecular weight excluding hydrogens is 292 g/mol. The molecule has 0 aliphatic rings. The van der Waals surface area contributed by atoms with E-state index in [2.05, 4.69) is 25.7 Å². The van der Waals surface area contributed by atoms with Gasteiger partial charge in [0.15, 0.2) is 0 Å². The van der Waals surface area contributed by atoms with Gasteiger partial charge in [0, 0.05) is 44.0 Å². The van der Waals surface area contributed by atoms with E-state index in [1.54, 1.807) is 10.9 Å². The largest absolute Gasteiger partial charge is 0.342 e. The molecule has 0 bridgehead atoms. The number of amides is 2. The van der Waals surface area contributed by atoms with Crippen molar-refractivity contribution >= 4 is 22.8 Å². The van der Waals surface area contributed by atoms with Gasteiger partial charge in [0.25, 0.3) is 0 Å². The van der Waals surface area contributed by atoms with Crippen LogP contribution < -0.4 is 10.6 Å². The monoisotopic (exact) mass is 312 g/mol. The quantitative estimate of drug-likeness (QED) is 0.675. The Balaban J connectivity index is 1.56. The number of imidazole rings is 1. The first-order valence-electron chi connectivity index (χ1n) is 7.66. The number of H-pyrrole nitrogens is 1. The number of aromatic nitrogens is 4. The lowest BCUT2D eigenvalue weighted by atomic mass is 10.3. The first-order chi connectivity index (χ1) is 11.2. The van der Waals surface area contributed by atoms with Gasteiger partial charge in [0.2, 0.25) is 0 Å². The van der Waals surface area contributed by atoms with Crippen molar-refractivity contribution in [1.29, 1.82) is 0 Å². The number of carbonyl (C=O) groups is 1. The minimum atomic E-state index is -0.221. The molecule has 0 saturated carbocycles. The molecule has 2 heterocycles. The Morgan fingerprint density at radius 1 is 1.35 bits per heavy atom. The standard InChI is InChI=1S/C16H20N6O/c1-3-15-20-13-5-4-11(10-14(13)21-15)19-16(23)17-8-6-12-7-9-18-22(12)2/h4-5,7,9-10H,3,6,8H2,1-2H3,(H,20,21)(H2,17,19,23). The highest BCUT2D eigenvalue weighted by Gasteiger charge is 2.06. The van der Waals surface area contributed by atoms with Crippen LogP contribution in [0.3, 0.4) is 0 Å². The summed E-state index contributed by atoms with van der Waals surface area (Å²) in [5.74, 6) is 0.942. The average molecular weight is 312 g/mol. The number of fused-ring (bicyclic) bond motifs is 1. The third kappa shape index (κ3) is 3.50. The van der Waals surface area contributed by atoms with E-state index in [1.165, 1.54) is 0 Å². The second kappa shape index (κ2) is 6.51. The smallest absolute Gasteiger partial charge is 0.319 e. The van der Waals surface area contributed by atoms with Gasteiger partial charge < -0.3 is 15.6 Å². The van der Waals surface area contributed by atoms with Gasteiger partial charge >= 0.3 is 6.03 Å². The number of hydrogen-bond donors (Lipinski definition) is 3. The predicted molar refractivity (Wildman–Crippen MR) is 89.4 cm³/mol. The maximum Gasteiger partial charge on any atom is 0.319 e. The number of aryl methyl sites for hydroxylation is 2. The number of nitrogens with one attached hydrogen (secondary N) is 3.